The van der Waals surface area contributed by atoms with Crippen LogP contribution in [0.2, 0.25) is 5.02 Å². The van der Waals surface area contributed by atoms with Gasteiger partial charge in [-0.15, -0.1) is 11.3 Å². The summed E-state index contributed by atoms with van der Waals surface area (Å²) < 4.78 is 40.6. The number of ether oxygens (including phenoxy) is 2. The number of nitrogens with zero attached hydrogens (tertiary/aromatic N) is 2. The summed E-state index contributed by atoms with van der Waals surface area (Å²) in [6.07, 6.45) is 4.87. The molecule has 0 bridgehead atoms. The third-order valence-corrected chi connectivity index (χ3v) is 11.5. The van der Waals surface area contributed by atoms with E-state index in [9.17, 15) is 18.0 Å². The fourth-order valence-corrected chi connectivity index (χ4v) is 8.10. The lowest BCUT2D eigenvalue weighted by molar-refractivity contribution is -0.164. The number of allylic oxidation sites excluding steroid dienone is 2. The van der Waals surface area contributed by atoms with Crippen LogP contribution in [0.4, 0.5) is 0 Å². The van der Waals surface area contributed by atoms with Crippen molar-refractivity contribution < 1.29 is 27.5 Å². The molecule has 1 aliphatic carbocycles. The zero-order valence-electron chi connectivity index (χ0n) is 26.3. The van der Waals surface area contributed by atoms with Gasteiger partial charge in [-0.05, 0) is 71.5 Å². The normalized spacial score (nSPS) is 19.7. The Morgan fingerprint density at radius 2 is 1.89 bits per heavy atom. The lowest BCUT2D eigenvalue weighted by atomic mass is 9.84. The van der Waals surface area contributed by atoms with Crippen molar-refractivity contribution >= 4 is 54.9 Å². The molecule has 5 rings (SSSR count). The molecule has 1 aromatic heterocycles. The molecule has 1 aliphatic heterocycles. The summed E-state index contributed by atoms with van der Waals surface area (Å²) in [7, 11) is -0.473. The smallest absolute Gasteiger partial charge is 0.248 e. The van der Waals surface area contributed by atoms with Crippen LogP contribution in [0.25, 0.3) is 10.1 Å². The van der Waals surface area contributed by atoms with Crippen molar-refractivity contribution in [2.24, 2.45) is 0 Å². The summed E-state index contributed by atoms with van der Waals surface area (Å²) in [5.41, 5.74) is 1.62. The minimum atomic E-state index is -3.65. The number of fused-ring (bicyclic) bond motifs is 1. The molecular formula is C34H40ClN3O6S2. The van der Waals surface area contributed by atoms with E-state index in [-0.39, 0.29) is 56.1 Å². The van der Waals surface area contributed by atoms with Gasteiger partial charge >= 0.3 is 0 Å². The molecule has 1 fully saturated rings. The predicted molar refractivity (Wildman–Crippen MR) is 182 cm³/mol. The Morgan fingerprint density at radius 3 is 2.59 bits per heavy atom. The van der Waals surface area contributed by atoms with Crippen molar-refractivity contribution in [1.29, 1.82) is 0 Å². The van der Waals surface area contributed by atoms with Crippen molar-refractivity contribution in [1.82, 2.24) is 14.5 Å². The minimum Gasteiger partial charge on any atom is -0.501 e. The van der Waals surface area contributed by atoms with Crippen LogP contribution in [0.15, 0.2) is 77.4 Å². The maximum atomic E-state index is 14.2. The molecule has 2 aliphatic rings. The number of rotatable bonds is 14. The number of likely N-dealkylation sites (tertiary alicyclic amines) is 1. The number of sulfonamides is 1. The molecule has 1 saturated heterocycles. The molecule has 2 heterocycles. The maximum absolute atomic E-state index is 14.2. The van der Waals surface area contributed by atoms with Crippen LogP contribution in [0.1, 0.15) is 37.3 Å². The van der Waals surface area contributed by atoms with Gasteiger partial charge in [-0.25, -0.2) is 13.1 Å². The number of benzene rings is 2. The van der Waals surface area contributed by atoms with Gasteiger partial charge in [0, 0.05) is 49.4 Å². The first-order chi connectivity index (χ1) is 22.0. The number of halogens is 1. The van der Waals surface area contributed by atoms with Crippen LogP contribution in [-0.2, 0) is 42.1 Å². The number of carbonyl (C=O) groups is 2. The fourth-order valence-electron chi connectivity index (χ4n) is 5.97. The summed E-state index contributed by atoms with van der Waals surface area (Å²) in [6.45, 7) is 2.90. The van der Waals surface area contributed by atoms with Crippen molar-refractivity contribution in [3.63, 3.8) is 0 Å². The Morgan fingerprint density at radius 1 is 1.13 bits per heavy atom. The second kappa shape index (κ2) is 14.7. The zero-order chi connectivity index (χ0) is 32.9. The Balaban J connectivity index is 1.25. The maximum Gasteiger partial charge on any atom is 0.248 e. The second-order valence-corrected chi connectivity index (χ2v) is 15.1. The average Bonchev–Trinajstić information content (AvgIpc) is 3.45. The first kappa shape index (κ1) is 34.1. The van der Waals surface area contributed by atoms with Crippen LogP contribution >= 0.6 is 22.9 Å². The number of thiophene rings is 1. The lowest BCUT2D eigenvalue weighted by Crippen LogP contribution is -2.68. The number of amides is 2. The van der Waals surface area contributed by atoms with E-state index in [1.165, 1.54) is 0 Å². The Bertz CT molecular complexity index is 1740. The molecule has 46 heavy (non-hydrogen) atoms. The number of methoxy groups -OCH3 is 2. The molecular weight excluding hydrogens is 646 g/mol. The molecule has 246 valence electrons. The minimum absolute atomic E-state index is 0.0947. The van der Waals surface area contributed by atoms with Crippen molar-refractivity contribution in [2.75, 3.05) is 39.6 Å². The first-order valence-corrected chi connectivity index (χ1v) is 18.2. The van der Waals surface area contributed by atoms with E-state index in [1.807, 2.05) is 60.9 Å². The van der Waals surface area contributed by atoms with Crippen LogP contribution in [0.5, 0.6) is 0 Å². The average molecular weight is 686 g/mol. The topological polar surface area (TPSA) is 105 Å². The monoisotopic (exact) mass is 685 g/mol. The van der Waals surface area contributed by atoms with E-state index in [1.54, 1.807) is 47.5 Å². The van der Waals surface area contributed by atoms with Gasteiger partial charge in [0.2, 0.25) is 21.8 Å². The van der Waals surface area contributed by atoms with Gasteiger partial charge in [-0.3, -0.25) is 9.59 Å². The molecule has 0 saturated carbocycles. The van der Waals surface area contributed by atoms with E-state index in [4.69, 9.17) is 21.1 Å². The molecule has 12 heteroatoms. The van der Waals surface area contributed by atoms with Crippen LogP contribution in [0, 0.1) is 0 Å². The third kappa shape index (κ3) is 7.83. The zero-order valence-corrected chi connectivity index (χ0v) is 28.7. The number of nitrogens with one attached hydrogen (secondary N) is 1. The number of carbonyl (C=O) groups excluding carboxylic acids is 2. The predicted octanol–water partition coefficient (Wildman–Crippen LogP) is 5.30. The van der Waals surface area contributed by atoms with E-state index in [0.717, 1.165) is 32.5 Å². The molecule has 2 aromatic carbocycles. The van der Waals surface area contributed by atoms with Crippen molar-refractivity contribution in [2.45, 2.75) is 50.8 Å². The van der Waals surface area contributed by atoms with E-state index < -0.39 is 15.6 Å². The van der Waals surface area contributed by atoms with Crippen molar-refractivity contribution in [3.8, 4) is 0 Å². The van der Waals surface area contributed by atoms with Crippen LogP contribution < -0.4 is 4.72 Å². The van der Waals surface area contributed by atoms with Gasteiger partial charge in [0.1, 0.15) is 5.54 Å². The van der Waals surface area contributed by atoms with Crippen LogP contribution in [-0.4, -0.2) is 81.3 Å². The summed E-state index contributed by atoms with van der Waals surface area (Å²) in [4.78, 5) is 31.0. The van der Waals surface area contributed by atoms with Gasteiger partial charge < -0.3 is 19.3 Å². The summed E-state index contributed by atoms with van der Waals surface area (Å²) in [5, 5.41) is 3.65. The van der Waals surface area contributed by atoms with Gasteiger partial charge in [0.05, 0.1) is 31.1 Å². The highest BCUT2D eigenvalue weighted by Crippen LogP contribution is 2.35. The molecule has 2 atom stereocenters. The Kier molecular flexibility index (Phi) is 10.9. The van der Waals surface area contributed by atoms with E-state index >= 15 is 0 Å². The van der Waals surface area contributed by atoms with Crippen LogP contribution in [0.3, 0.4) is 0 Å². The molecule has 0 spiro atoms. The largest absolute Gasteiger partial charge is 0.501 e. The molecule has 2 amide bonds. The first-order valence-electron chi connectivity index (χ1n) is 15.3. The second-order valence-electron chi connectivity index (χ2n) is 11.9. The fraction of sp³-hybridized carbons (Fsp3) is 0.412. The summed E-state index contributed by atoms with van der Waals surface area (Å²) >= 11 is 7.70. The number of hydrogen-bond donors (Lipinski definition) is 1. The molecule has 1 N–H and O–H groups in total. The Hall–Kier alpha value is -3.22. The molecule has 9 nitrogen and oxygen atoms in total. The quantitative estimate of drug-likeness (QED) is 0.247. The third-order valence-electron chi connectivity index (χ3n) is 8.82. The highest BCUT2D eigenvalue weighted by atomic mass is 35.5. The highest BCUT2D eigenvalue weighted by molar-refractivity contribution is 7.89. The van der Waals surface area contributed by atoms with Gasteiger partial charge in [-0.1, -0.05) is 48.0 Å². The van der Waals surface area contributed by atoms with Gasteiger partial charge in [0.25, 0.3) is 0 Å². The summed E-state index contributed by atoms with van der Waals surface area (Å²) in [6, 6.07) is 15.2. The SMILES string of the molecule is COC1=CC=C(CNS(=O)(=O)CCCN(Cc2ccc(Cl)cc2)C(=O)C2(C)CCN2C(=O)Cc2csc3ccccc23)C(OC)C1. The molecule has 3 aromatic rings. The van der Waals surface area contributed by atoms with Crippen molar-refractivity contribution in [3.05, 3.63) is 93.5 Å². The lowest BCUT2D eigenvalue weighted by Gasteiger charge is -2.51. The van der Waals surface area contributed by atoms with Gasteiger partial charge in [0.15, 0.2) is 0 Å². The molecule has 2 unspecified atom stereocenters. The Labute approximate surface area is 279 Å². The van der Waals surface area contributed by atoms with E-state index in [2.05, 4.69) is 4.72 Å². The highest BCUT2D eigenvalue weighted by Gasteiger charge is 2.50. The van der Waals surface area contributed by atoms with Gasteiger partial charge in [-0.2, -0.15) is 0 Å². The number of hydrogen-bond acceptors (Lipinski definition) is 7. The molecule has 0 radical (unpaired) electrons. The standard InChI is InChI=1S/C34H40ClN3O6S2/c1-34(15-17-38(34)32(39)19-26-23-45-31-8-5-4-7-29(26)31)33(40)37(22-24-9-12-27(35)13-10-24)16-6-18-46(41,42)36-21-25-11-14-28(43-2)20-30(25)44-3/h4-5,7-14,23,30,36H,6,15-22H2,1-3H3. The van der Waals surface area contributed by atoms with E-state index in [0.29, 0.717) is 24.4 Å². The summed E-state index contributed by atoms with van der Waals surface area (Å²) in [5.74, 6) is 0.317.